The molecule has 1 heterocycles. The van der Waals surface area contributed by atoms with Gasteiger partial charge in [-0.3, -0.25) is 4.79 Å². The minimum Gasteiger partial charge on any atom is -0.394 e. The Hall–Kier alpha value is -0.720. The van der Waals surface area contributed by atoms with Gasteiger partial charge in [-0.05, 0) is 18.4 Å². The van der Waals surface area contributed by atoms with Crippen LogP contribution in [0.5, 0.6) is 0 Å². The van der Waals surface area contributed by atoms with Crippen molar-refractivity contribution in [2.45, 2.75) is 25.3 Å². The van der Waals surface area contributed by atoms with Crippen LogP contribution in [0.3, 0.4) is 0 Å². The Balaban J connectivity index is 2.27. The maximum absolute atomic E-state index is 11.6. The summed E-state index contributed by atoms with van der Waals surface area (Å²) in [6.07, 6.45) is 3.50. The van der Waals surface area contributed by atoms with Crippen LogP contribution in [0.15, 0.2) is 10.6 Å². The van der Waals surface area contributed by atoms with Crippen LogP contribution in [0.4, 0.5) is 0 Å². The van der Waals surface area contributed by atoms with Gasteiger partial charge in [0, 0.05) is 18.9 Å². The molecular formula is C11H17ClN2O3S. The van der Waals surface area contributed by atoms with Crippen LogP contribution in [-0.4, -0.2) is 40.8 Å². The van der Waals surface area contributed by atoms with E-state index in [0.717, 1.165) is 12.2 Å². The molecule has 2 N–H and O–H groups in total. The monoisotopic (exact) mass is 292 g/mol. The van der Waals surface area contributed by atoms with Crippen molar-refractivity contribution in [3.63, 3.8) is 0 Å². The molecule has 0 aliphatic carbocycles. The lowest BCUT2D eigenvalue weighted by Crippen LogP contribution is -2.38. The predicted octanol–water partition coefficient (Wildman–Crippen LogP) is 1.49. The fourth-order valence-electron chi connectivity index (χ4n) is 1.41. The Labute approximate surface area is 115 Å². The first kappa shape index (κ1) is 15.3. The highest BCUT2D eigenvalue weighted by molar-refractivity contribution is 7.98. The second-order valence-corrected chi connectivity index (χ2v) is 5.22. The number of carbonyl (C=O) groups is 1. The molecule has 1 rings (SSSR count). The van der Waals surface area contributed by atoms with Gasteiger partial charge in [0.25, 0.3) is 0 Å². The number of aromatic nitrogens is 1. The van der Waals surface area contributed by atoms with Gasteiger partial charge in [-0.25, -0.2) is 0 Å². The highest BCUT2D eigenvalue weighted by atomic mass is 35.5. The van der Waals surface area contributed by atoms with Crippen molar-refractivity contribution in [3.8, 4) is 0 Å². The van der Waals surface area contributed by atoms with E-state index in [-0.39, 0.29) is 18.6 Å². The van der Waals surface area contributed by atoms with E-state index in [2.05, 4.69) is 10.5 Å². The molecule has 1 aromatic rings. The average molecular weight is 293 g/mol. The molecule has 0 saturated heterocycles. The van der Waals surface area contributed by atoms with Gasteiger partial charge in [-0.1, -0.05) is 16.8 Å². The molecular weight excluding hydrogens is 276 g/mol. The van der Waals surface area contributed by atoms with Crippen LogP contribution < -0.4 is 5.32 Å². The summed E-state index contributed by atoms with van der Waals surface area (Å²) in [5.41, 5.74) is 0. The molecule has 0 spiro atoms. The molecule has 18 heavy (non-hydrogen) atoms. The lowest BCUT2D eigenvalue weighted by atomic mass is 10.2. The topological polar surface area (TPSA) is 75.4 Å². The first-order valence-corrected chi connectivity index (χ1v) is 7.43. The summed E-state index contributed by atoms with van der Waals surface area (Å²) in [5, 5.41) is 15.7. The standard InChI is InChI=1S/C11H17ClN2O3S/c1-18-5-4-8(7-15)13-11(16)3-2-9-6-10(12)14-17-9/h6,8,15H,2-5,7H2,1H3,(H,13,16). The Morgan fingerprint density at radius 2 is 2.50 bits per heavy atom. The number of aliphatic hydroxyl groups excluding tert-OH is 1. The number of nitrogens with zero attached hydrogens (tertiary/aromatic N) is 1. The molecule has 1 amide bonds. The molecule has 1 atom stereocenters. The molecule has 5 nitrogen and oxygen atoms in total. The summed E-state index contributed by atoms with van der Waals surface area (Å²) in [4.78, 5) is 11.6. The number of hydrogen-bond donors (Lipinski definition) is 2. The second kappa shape index (κ2) is 8.39. The van der Waals surface area contributed by atoms with Crippen molar-refractivity contribution in [1.82, 2.24) is 10.5 Å². The molecule has 0 aliphatic rings. The number of halogens is 1. The highest BCUT2D eigenvalue weighted by Gasteiger charge is 2.12. The fraction of sp³-hybridized carbons (Fsp3) is 0.636. The summed E-state index contributed by atoms with van der Waals surface area (Å²) < 4.78 is 4.90. The molecule has 0 saturated carbocycles. The van der Waals surface area contributed by atoms with Crippen molar-refractivity contribution >= 4 is 29.3 Å². The van der Waals surface area contributed by atoms with Gasteiger partial charge >= 0.3 is 0 Å². The van der Waals surface area contributed by atoms with Crippen LogP contribution in [0, 0.1) is 0 Å². The summed E-state index contributed by atoms with van der Waals surface area (Å²) in [6, 6.07) is 1.41. The van der Waals surface area contributed by atoms with Crippen molar-refractivity contribution in [1.29, 1.82) is 0 Å². The van der Waals surface area contributed by atoms with Crippen LogP contribution >= 0.6 is 23.4 Å². The number of hydrogen-bond acceptors (Lipinski definition) is 5. The van der Waals surface area contributed by atoms with E-state index in [9.17, 15) is 4.79 Å². The van der Waals surface area contributed by atoms with Gasteiger partial charge in [0.15, 0.2) is 5.15 Å². The number of rotatable bonds is 8. The zero-order valence-corrected chi connectivity index (χ0v) is 11.8. The van der Waals surface area contributed by atoms with E-state index >= 15 is 0 Å². The molecule has 102 valence electrons. The van der Waals surface area contributed by atoms with Gasteiger partial charge < -0.3 is 14.9 Å². The zero-order chi connectivity index (χ0) is 13.4. The molecule has 0 bridgehead atoms. The Morgan fingerprint density at radius 1 is 1.72 bits per heavy atom. The van der Waals surface area contributed by atoms with E-state index in [0.29, 0.717) is 23.8 Å². The molecule has 0 fully saturated rings. The smallest absolute Gasteiger partial charge is 0.220 e. The summed E-state index contributed by atoms with van der Waals surface area (Å²) in [6.45, 7) is -0.0412. The number of thioether (sulfide) groups is 1. The first-order chi connectivity index (χ1) is 8.65. The van der Waals surface area contributed by atoms with E-state index in [4.69, 9.17) is 21.2 Å². The predicted molar refractivity (Wildman–Crippen MR) is 71.8 cm³/mol. The number of aliphatic hydroxyl groups is 1. The third-order valence-electron chi connectivity index (χ3n) is 2.38. The Morgan fingerprint density at radius 3 is 3.06 bits per heavy atom. The molecule has 1 unspecified atom stereocenters. The molecule has 0 aliphatic heterocycles. The van der Waals surface area contributed by atoms with Gasteiger partial charge in [0.2, 0.25) is 5.91 Å². The minimum absolute atomic E-state index is 0.0412. The second-order valence-electron chi connectivity index (χ2n) is 3.84. The highest BCUT2D eigenvalue weighted by Crippen LogP contribution is 2.10. The summed E-state index contributed by atoms with van der Waals surface area (Å²) in [7, 11) is 0. The lowest BCUT2D eigenvalue weighted by Gasteiger charge is -2.15. The third-order valence-corrected chi connectivity index (χ3v) is 3.21. The van der Waals surface area contributed by atoms with Crippen LogP contribution in [0.2, 0.25) is 5.15 Å². The van der Waals surface area contributed by atoms with E-state index in [1.807, 2.05) is 6.26 Å². The fourth-order valence-corrected chi connectivity index (χ4v) is 2.09. The minimum atomic E-state index is -0.178. The molecule has 1 aromatic heterocycles. The molecule has 7 heteroatoms. The maximum atomic E-state index is 11.6. The van der Waals surface area contributed by atoms with Crippen molar-refractivity contribution in [2.75, 3.05) is 18.6 Å². The Bertz CT molecular complexity index is 373. The van der Waals surface area contributed by atoms with Gasteiger partial charge in [-0.15, -0.1) is 0 Å². The summed E-state index contributed by atoms with van der Waals surface area (Å²) in [5.74, 6) is 1.38. The largest absolute Gasteiger partial charge is 0.394 e. The van der Waals surface area contributed by atoms with Crippen LogP contribution in [0.25, 0.3) is 0 Å². The Kier molecular flexibility index (Phi) is 7.15. The van der Waals surface area contributed by atoms with E-state index < -0.39 is 0 Å². The number of amides is 1. The maximum Gasteiger partial charge on any atom is 0.220 e. The lowest BCUT2D eigenvalue weighted by molar-refractivity contribution is -0.122. The summed E-state index contributed by atoms with van der Waals surface area (Å²) >= 11 is 7.28. The van der Waals surface area contributed by atoms with Gasteiger partial charge in [0.1, 0.15) is 5.76 Å². The van der Waals surface area contributed by atoms with Gasteiger partial charge in [0.05, 0.1) is 12.6 Å². The van der Waals surface area contributed by atoms with E-state index in [1.54, 1.807) is 17.8 Å². The molecule has 0 radical (unpaired) electrons. The first-order valence-electron chi connectivity index (χ1n) is 5.66. The number of carbonyl (C=O) groups excluding carboxylic acids is 1. The quantitative estimate of drug-likeness (QED) is 0.759. The average Bonchev–Trinajstić information content (AvgIpc) is 2.78. The van der Waals surface area contributed by atoms with E-state index in [1.165, 1.54) is 0 Å². The van der Waals surface area contributed by atoms with Crippen molar-refractivity contribution < 1.29 is 14.4 Å². The number of aryl methyl sites for hydroxylation is 1. The number of nitrogens with one attached hydrogen (secondary N) is 1. The van der Waals surface area contributed by atoms with Crippen molar-refractivity contribution in [3.05, 3.63) is 17.0 Å². The third kappa shape index (κ3) is 5.75. The SMILES string of the molecule is CSCCC(CO)NC(=O)CCc1cc(Cl)no1. The zero-order valence-electron chi connectivity index (χ0n) is 10.2. The van der Waals surface area contributed by atoms with Crippen molar-refractivity contribution in [2.24, 2.45) is 0 Å². The molecule has 0 aromatic carbocycles. The van der Waals surface area contributed by atoms with Crippen LogP contribution in [0.1, 0.15) is 18.6 Å². The van der Waals surface area contributed by atoms with Crippen LogP contribution in [-0.2, 0) is 11.2 Å². The van der Waals surface area contributed by atoms with Gasteiger partial charge in [-0.2, -0.15) is 11.8 Å². The normalized spacial score (nSPS) is 12.4.